The van der Waals surface area contributed by atoms with Crippen LogP contribution in [0.3, 0.4) is 0 Å². The third-order valence-electron chi connectivity index (χ3n) is 5.82. The summed E-state index contributed by atoms with van der Waals surface area (Å²) in [7, 11) is 1.53. The van der Waals surface area contributed by atoms with Crippen LogP contribution < -0.4 is 4.74 Å². The molecule has 34 heavy (non-hydrogen) atoms. The van der Waals surface area contributed by atoms with Gasteiger partial charge in [-0.25, -0.2) is 4.39 Å². The molecule has 2 amide bonds. The fraction of sp³-hybridized carbons (Fsp3) is 0.308. The lowest BCUT2D eigenvalue weighted by Gasteiger charge is -2.37. The average molecular weight is 483 g/mol. The van der Waals surface area contributed by atoms with Crippen molar-refractivity contribution in [2.75, 3.05) is 40.0 Å². The van der Waals surface area contributed by atoms with Crippen LogP contribution in [0.2, 0.25) is 0 Å². The fourth-order valence-corrected chi connectivity index (χ4v) is 5.01. The molecule has 0 saturated carbocycles. The minimum Gasteiger partial charge on any atom is -0.491 e. The molecule has 0 aliphatic carbocycles. The van der Waals surface area contributed by atoms with E-state index in [2.05, 4.69) is 0 Å². The van der Waals surface area contributed by atoms with E-state index in [1.54, 1.807) is 22.3 Å². The molecule has 0 spiro atoms. The summed E-state index contributed by atoms with van der Waals surface area (Å²) in [6.07, 6.45) is 0.760. The van der Waals surface area contributed by atoms with Gasteiger partial charge in [0.2, 0.25) is 5.91 Å². The Labute approximate surface area is 202 Å². The van der Waals surface area contributed by atoms with Crippen molar-refractivity contribution in [3.63, 3.8) is 0 Å². The minimum absolute atomic E-state index is 0.125. The van der Waals surface area contributed by atoms with Crippen molar-refractivity contribution in [3.05, 3.63) is 87.9 Å². The summed E-state index contributed by atoms with van der Waals surface area (Å²) in [6, 6.07) is 16.8. The third-order valence-corrected chi connectivity index (χ3v) is 6.81. The van der Waals surface area contributed by atoms with Crippen molar-refractivity contribution in [1.82, 2.24) is 9.80 Å². The Hall–Kier alpha value is -3.23. The standard InChI is InChI=1S/C26H27FN2O4S/c1-32-14-13-28(26(31)19-6-5-7-20(27)16-19)17-25(30)29-12-10-24-22(11-15-34-24)23(29)18-33-21-8-3-2-4-9-21/h2-9,11,15-16,23H,10,12-14,17-18H2,1H3/t23-/m0/s1. The largest absolute Gasteiger partial charge is 0.491 e. The number of carbonyl (C=O) groups excluding carboxylic acids is 2. The highest BCUT2D eigenvalue weighted by atomic mass is 32.1. The first kappa shape index (κ1) is 23.9. The van der Waals surface area contributed by atoms with Gasteiger partial charge >= 0.3 is 0 Å². The topological polar surface area (TPSA) is 59.1 Å². The van der Waals surface area contributed by atoms with Crippen LogP contribution in [-0.2, 0) is 16.0 Å². The molecule has 4 rings (SSSR count). The van der Waals surface area contributed by atoms with Crippen LogP contribution in [0.25, 0.3) is 0 Å². The van der Waals surface area contributed by atoms with Crippen LogP contribution in [0.15, 0.2) is 66.0 Å². The molecule has 0 bridgehead atoms. The molecular weight excluding hydrogens is 455 g/mol. The summed E-state index contributed by atoms with van der Waals surface area (Å²) in [5.41, 5.74) is 1.28. The van der Waals surface area contributed by atoms with Crippen molar-refractivity contribution in [2.24, 2.45) is 0 Å². The lowest BCUT2D eigenvalue weighted by Crippen LogP contribution is -2.48. The van der Waals surface area contributed by atoms with E-state index in [4.69, 9.17) is 9.47 Å². The first-order chi connectivity index (χ1) is 16.6. The van der Waals surface area contributed by atoms with Gasteiger partial charge in [-0.05, 0) is 53.8 Å². The van der Waals surface area contributed by atoms with Crippen LogP contribution in [0.5, 0.6) is 5.75 Å². The van der Waals surface area contributed by atoms with E-state index >= 15 is 0 Å². The maximum Gasteiger partial charge on any atom is 0.254 e. The van der Waals surface area contributed by atoms with E-state index < -0.39 is 11.7 Å². The normalized spacial score (nSPS) is 15.0. The van der Waals surface area contributed by atoms with Gasteiger partial charge in [0, 0.05) is 30.6 Å². The molecule has 0 saturated heterocycles. The zero-order valence-corrected chi connectivity index (χ0v) is 19.8. The molecule has 1 aromatic heterocycles. The summed E-state index contributed by atoms with van der Waals surface area (Å²) < 4.78 is 24.9. The summed E-state index contributed by atoms with van der Waals surface area (Å²) >= 11 is 1.68. The van der Waals surface area contributed by atoms with Gasteiger partial charge in [0.25, 0.3) is 5.91 Å². The van der Waals surface area contributed by atoms with Crippen LogP contribution >= 0.6 is 11.3 Å². The van der Waals surface area contributed by atoms with E-state index in [1.165, 1.54) is 35.1 Å². The highest BCUT2D eigenvalue weighted by Crippen LogP contribution is 2.34. The molecule has 1 aliphatic heterocycles. The van der Waals surface area contributed by atoms with Gasteiger partial charge in [0.05, 0.1) is 12.6 Å². The summed E-state index contributed by atoms with van der Waals surface area (Å²) in [5, 5.41) is 2.03. The summed E-state index contributed by atoms with van der Waals surface area (Å²) in [4.78, 5) is 31.0. The number of carbonyl (C=O) groups is 2. The maximum atomic E-state index is 13.7. The molecule has 1 atom stereocenters. The molecule has 0 fully saturated rings. The monoisotopic (exact) mass is 482 g/mol. The summed E-state index contributed by atoms with van der Waals surface area (Å²) in [5.74, 6) is -0.349. The lowest BCUT2D eigenvalue weighted by atomic mass is 10.0. The molecule has 3 aromatic rings. The maximum absolute atomic E-state index is 13.7. The third kappa shape index (κ3) is 5.63. The number of para-hydroxylation sites is 1. The Morgan fingerprint density at radius 1 is 1.15 bits per heavy atom. The molecular formula is C26H27FN2O4S. The SMILES string of the molecule is COCCN(CC(=O)N1CCc2sccc2[C@@H]1COc1ccccc1)C(=O)c1cccc(F)c1. The highest BCUT2D eigenvalue weighted by molar-refractivity contribution is 7.10. The number of thiophene rings is 1. The van der Waals surface area contributed by atoms with Crippen molar-refractivity contribution in [1.29, 1.82) is 0 Å². The molecule has 0 radical (unpaired) electrons. The predicted molar refractivity (Wildman–Crippen MR) is 129 cm³/mol. The number of hydrogen-bond acceptors (Lipinski definition) is 5. The smallest absolute Gasteiger partial charge is 0.254 e. The number of nitrogens with zero attached hydrogens (tertiary/aromatic N) is 2. The number of ether oxygens (including phenoxy) is 2. The molecule has 1 aliphatic rings. The number of benzene rings is 2. The van der Waals surface area contributed by atoms with Gasteiger partial charge in [-0.1, -0.05) is 24.3 Å². The first-order valence-corrected chi connectivity index (χ1v) is 12.0. The van der Waals surface area contributed by atoms with E-state index in [1.807, 2.05) is 41.8 Å². The predicted octanol–water partition coefficient (Wildman–Crippen LogP) is 4.18. The average Bonchev–Trinajstić information content (AvgIpc) is 3.34. The number of rotatable bonds is 9. The first-order valence-electron chi connectivity index (χ1n) is 11.1. The second-order valence-corrected chi connectivity index (χ2v) is 9.01. The minimum atomic E-state index is -0.497. The van der Waals surface area contributed by atoms with Crippen LogP contribution in [-0.4, -0.2) is 61.6 Å². The van der Waals surface area contributed by atoms with E-state index in [0.29, 0.717) is 13.2 Å². The van der Waals surface area contributed by atoms with Gasteiger partial charge in [-0.2, -0.15) is 0 Å². The van der Waals surface area contributed by atoms with Crippen LogP contribution in [0.4, 0.5) is 4.39 Å². The molecule has 0 unspecified atom stereocenters. The quantitative estimate of drug-likeness (QED) is 0.459. The van der Waals surface area contributed by atoms with E-state index in [-0.39, 0.29) is 37.2 Å². The number of methoxy groups -OCH3 is 1. The highest BCUT2D eigenvalue weighted by Gasteiger charge is 2.33. The summed E-state index contributed by atoms with van der Waals surface area (Å²) in [6.45, 7) is 1.22. The van der Waals surface area contributed by atoms with Crippen molar-refractivity contribution in [2.45, 2.75) is 12.5 Å². The number of halogens is 1. The molecule has 178 valence electrons. The van der Waals surface area contributed by atoms with Crippen molar-refractivity contribution in [3.8, 4) is 5.75 Å². The fourth-order valence-electron chi connectivity index (χ4n) is 4.08. The Morgan fingerprint density at radius 2 is 1.97 bits per heavy atom. The van der Waals surface area contributed by atoms with Crippen molar-refractivity contribution >= 4 is 23.2 Å². The molecule has 8 heteroatoms. The zero-order valence-electron chi connectivity index (χ0n) is 19.0. The van der Waals surface area contributed by atoms with Gasteiger partial charge in [0.1, 0.15) is 24.7 Å². The number of amides is 2. The Kier molecular flexibility index (Phi) is 7.92. The van der Waals surface area contributed by atoms with Crippen molar-refractivity contribution < 1.29 is 23.5 Å². The van der Waals surface area contributed by atoms with Gasteiger partial charge in [-0.3, -0.25) is 9.59 Å². The van der Waals surface area contributed by atoms with E-state index in [0.717, 1.165) is 17.7 Å². The molecule has 2 aromatic carbocycles. The second-order valence-electron chi connectivity index (χ2n) is 8.01. The Bertz CT molecular complexity index is 1120. The lowest BCUT2D eigenvalue weighted by molar-refractivity contribution is -0.135. The van der Waals surface area contributed by atoms with Crippen LogP contribution in [0.1, 0.15) is 26.8 Å². The molecule has 2 heterocycles. The van der Waals surface area contributed by atoms with E-state index in [9.17, 15) is 14.0 Å². The zero-order chi connectivity index (χ0) is 23.9. The number of fused-ring (bicyclic) bond motifs is 1. The second kappa shape index (κ2) is 11.3. The molecule has 6 nitrogen and oxygen atoms in total. The van der Waals surface area contributed by atoms with Gasteiger partial charge < -0.3 is 19.3 Å². The Morgan fingerprint density at radius 3 is 2.74 bits per heavy atom. The van der Waals surface area contributed by atoms with Gasteiger partial charge in [0.15, 0.2) is 0 Å². The van der Waals surface area contributed by atoms with Gasteiger partial charge in [-0.15, -0.1) is 11.3 Å². The number of hydrogen-bond donors (Lipinski definition) is 0. The van der Waals surface area contributed by atoms with Crippen LogP contribution in [0, 0.1) is 5.82 Å². The molecule has 0 N–H and O–H groups in total. The Balaban J connectivity index is 1.52.